The zero-order valence-corrected chi connectivity index (χ0v) is 10.4. The fourth-order valence-corrected chi connectivity index (χ4v) is 2.28. The van der Waals surface area contributed by atoms with Crippen molar-refractivity contribution in [2.75, 3.05) is 11.9 Å². The lowest BCUT2D eigenvalue weighted by Gasteiger charge is -2.14. The third-order valence-corrected chi connectivity index (χ3v) is 3.85. The first kappa shape index (κ1) is 10.6. The fraction of sp³-hybridized carbons (Fsp3) is 0.538. The lowest BCUT2D eigenvalue weighted by atomic mass is 10.0. The molecule has 0 saturated heterocycles. The molecule has 0 aliphatic heterocycles. The highest BCUT2D eigenvalue weighted by atomic mass is 15.2. The molecule has 1 saturated carbocycles. The Balaban J connectivity index is 1.85. The molecule has 2 aromatic rings. The fourth-order valence-electron chi connectivity index (χ4n) is 2.28. The molecule has 1 aliphatic carbocycles. The lowest BCUT2D eigenvalue weighted by Crippen LogP contribution is -2.15. The van der Waals surface area contributed by atoms with E-state index >= 15 is 0 Å². The van der Waals surface area contributed by atoms with E-state index < -0.39 is 0 Å². The number of hydrogen-bond donors (Lipinski definition) is 1. The Morgan fingerprint density at radius 1 is 1.47 bits per heavy atom. The smallest absolute Gasteiger partial charge is 0.152 e. The van der Waals surface area contributed by atoms with Crippen molar-refractivity contribution in [3.63, 3.8) is 0 Å². The van der Waals surface area contributed by atoms with Crippen molar-refractivity contribution in [3.8, 4) is 0 Å². The molecule has 1 aliphatic rings. The zero-order chi connectivity index (χ0) is 11.9. The van der Waals surface area contributed by atoms with Crippen molar-refractivity contribution >= 4 is 11.3 Å². The van der Waals surface area contributed by atoms with Crippen LogP contribution in [0.2, 0.25) is 0 Å². The summed E-state index contributed by atoms with van der Waals surface area (Å²) < 4.78 is 1.89. The largest absolute Gasteiger partial charge is 0.368 e. The van der Waals surface area contributed by atoms with Crippen LogP contribution < -0.4 is 5.32 Å². The number of anilines is 1. The van der Waals surface area contributed by atoms with Crippen LogP contribution in [0.25, 0.3) is 5.52 Å². The molecule has 0 bridgehead atoms. The van der Waals surface area contributed by atoms with Crippen molar-refractivity contribution in [2.45, 2.75) is 33.1 Å². The molecule has 90 valence electrons. The Hall–Kier alpha value is -1.58. The van der Waals surface area contributed by atoms with Crippen LogP contribution in [-0.2, 0) is 0 Å². The van der Waals surface area contributed by atoms with E-state index in [9.17, 15) is 0 Å². The van der Waals surface area contributed by atoms with Crippen molar-refractivity contribution in [3.05, 3.63) is 24.2 Å². The molecule has 1 N–H and O–H groups in total. The van der Waals surface area contributed by atoms with Crippen LogP contribution in [0.15, 0.2) is 18.5 Å². The van der Waals surface area contributed by atoms with E-state index in [2.05, 4.69) is 28.4 Å². The lowest BCUT2D eigenvalue weighted by molar-refractivity contribution is 0.521. The van der Waals surface area contributed by atoms with Crippen LogP contribution in [0.4, 0.5) is 5.82 Å². The van der Waals surface area contributed by atoms with Gasteiger partial charge in [-0.3, -0.25) is 0 Å². The summed E-state index contributed by atoms with van der Waals surface area (Å²) in [6, 6.07) is 2.07. The Kier molecular flexibility index (Phi) is 2.31. The minimum absolute atomic E-state index is 0.531. The number of aromatic nitrogens is 3. The summed E-state index contributed by atoms with van der Waals surface area (Å²) in [5, 5.41) is 7.87. The van der Waals surface area contributed by atoms with Crippen LogP contribution in [-0.4, -0.2) is 21.1 Å². The highest BCUT2D eigenvalue weighted by molar-refractivity contribution is 5.67. The van der Waals surface area contributed by atoms with Crippen LogP contribution in [0.1, 0.15) is 31.9 Å². The third kappa shape index (κ3) is 1.88. The van der Waals surface area contributed by atoms with Gasteiger partial charge in [0.1, 0.15) is 5.52 Å². The summed E-state index contributed by atoms with van der Waals surface area (Å²) in [5.41, 5.74) is 2.62. The molecule has 0 amide bonds. The number of fused-ring (bicyclic) bond motifs is 1. The Bertz CT molecular complexity index is 539. The van der Waals surface area contributed by atoms with Crippen molar-refractivity contribution in [1.29, 1.82) is 0 Å². The first-order valence-electron chi connectivity index (χ1n) is 6.27. The van der Waals surface area contributed by atoms with E-state index in [0.717, 1.165) is 23.6 Å². The molecular formula is C13H18N4. The van der Waals surface area contributed by atoms with E-state index in [4.69, 9.17) is 0 Å². The topological polar surface area (TPSA) is 42.2 Å². The maximum Gasteiger partial charge on any atom is 0.152 e. The highest BCUT2D eigenvalue weighted by Crippen LogP contribution is 2.48. The quantitative estimate of drug-likeness (QED) is 0.878. The first-order valence-corrected chi connectivity index (χ1v) is 6.27. The summed E-state index contributed by atoms with van der Waals surface area (Å²) in [6.45, 7) is 5.30. The summed E-state index contributed by atoms with van der Waals surface area (Å²) >= 11 is 0. The second-order valence-electron chi connectivity index (χ2n) is 5.10. The van der Waals surface area contributed by atoms with Gasteiger partial charge in [-0.25, -0.2) is 9.50 Å². The van der Waals surface area contributed by atoms with Crippen LogP contribution >= 0.6 is 0 Å². The number of rotatable bonds is 4. The van der Waals surface area contributed by atoms with Gasteiger partial charge < -0.3 is 5.32 Å². The van der Waals surface area contributed by atoms with E-state index in [1.807, 2.05) is 17.6 Å². The zero-order valence-electron chi connectivity index (χ0n) is 10.4. The van der Waals surface area contributed by atoms with Crippen molar-refractivity contribution in [2.24, 2.45) is 5.41 Å². The molecule has 1 fully saturated rings. The van der Waals surface area contributed by atoms with E-state index in [1.165, 1.54) is 19.3 Å². The summed E-state index contributed by atoms with van der Waals surface area (Å²) in [4.78, 5) is 4.41. The molecule has 0 spiro atoms. The van der Waals surface area contributed by atoms with E-state index in [0.29, 0.717) is 5.41 Å². The summed E-state index contributed by atoms with van der Waals surface area (Å²) in [5.74, 6) is 0.952. The van der Waals surface area contributed by atoms with E-state index in [-0.39, 0.29) is 0 Å². The molecule has 4 nitrogen and oxygen atoms in total. The van der Waals surface area contributed by atoms with Gasteiger partial charge >= 0.3 is 0 Å². The molecule has 2 aromatic heterocycles. The Labute approximate surface area is 101 Å². The van der Waals surface area contributed by atoms with Gasteiger partial charge in [-0.2, -0.15) is 5.10 Å². The Morgan fingerprint density at radius 3 is 3.00 bits per heavy atom. The maximum atomic E-state index is 4.41. The number of nitrogens with zero attached hydrogens (tertiary/aromatic N) is 3. The number of hydrogen-bond acceptors (Lipinski definition) is 3. The van der Waals surface area contributed by atoms with Crippen LogP contribution in [0.3, 0.4) is 0 Å². The van der Waals surface area contributed by atoms with Gasteiger partial charge in [0.15, 0.2) is 5.82 Å². The highest BCUT2D eigenvalue weighted by Gasteiger charge is 2.40. The normalized spacial score (nSPS) is 17.3. The van der Waals surface area contributed by atoms with Gasteiger partial charge in [-0.05, 0) is 37.7 Å². The summed E-state index contributed by atoms with van der Waals surface area (Å²) in [7, 11) is 0. The average molecular weight is 230 g/mol. The van der Waals surface area contributed by atoms with Gasteiger partial charge in [0.25, 0.3) is 0 Å². The standard InChI is InChI=1S/C13H18N4/c1-3-13(4-5-13)9-15-12-11-8-10(2)16-17(11)7-6-14-12/h6-8H,3-5,9H2,1-2H3,(H,14,15). The predicted molar refractivity (Wildman–Crippen MR) is 68.2 cm³/mol. The van der Waals surface area contributed by atoms with Gasteiger partial charge in [0.2, 0.25) is 0 Å². The summed E-state index contributed by atoms with van der Waals surface area (Å²) in [6.07, 6.45) is 7.63. The molecule has 0 radical (unpaired) electrons. The monoisotopic (exact) mass is 230 g/mol. The second-order valence-corrected chi connectivity index (χ2v) is 5.10. The van der Waals surface area contributed by atoms with Gasteiger partial charge in [-0.15, -0.1) is 0 Å². The molecule has 17 heavy (non-hydrogen) atoms. The molecule has 2 heterocycles. The van der Waals surface area contributed by atoms with Crippen LogP contribution in [0.5, 0.6) is 0 Å². The van der Waals surface area contributed by atoms with Crippen LogP contribution in [0, 0.1) is 12.3 Å². The average Bonchev–Trinajstić information content (AvgIpc) is 3.01. The minimum Gasteiger partial charge on any atom is -0.368 e. The SMILES string of the molecule is CCC1(CNc2nccn3nc(C)cc23)CC1. The van der Waals surface area contributed by atoms with Gasteiger partial charge in [0, 0.05) is 18.9 Å². The molecule has 4 heteroatoms. The van der Waals surface area contributed by atoms with Gasteiger partial charge in [0.05, 0.1) is 5.69 Å². The minimum atomic E-state index is 0.531. The van der Waals surface area contributed by atoms with Gasteiger partial charge in [-0.1, -0.05) is 6.92 Å². The second kappa shape index (κ2) is 3.72. The van der Waals surface area contributed by atoms with Crippen molar-refractivity contribution < 1.29 is 0 Å². The van der Waals surface area contributed by atoms with Crippen molar-refractivity contribution in [1.82, 2.24) is 14.6 Å². The first-order chi connectivity index (χ1) is 8.22. The third-order valence-electron chi connectivity index (χ3n) is 3.85. The maximum absolute atomic E-state index is 4.41. The number of nitrogens with one attached hydrogen (secondary N) is 1. The molecule has 3 rings (SSSR count). The van der Waals surface area contributed by atoms with E-state index in [1.54, 1.807) is 6.20 Å². The predicted octanol–water partition coefficient (Wildman–Crippen LogP) is 2.64. The molecular weight excluding hydrogens is 212 g/mol. The molecule has 0 atom stereocenters. The molecule has 0 aromatic carbocycles. The Morgan fingerprint density at radius 2 is 2.29 bits per heavy atom. The molecule has 0 unspecified atom stereocenters. The number of aryl methyl sites for hydroxylation is 1.